The number of aryl methyl sites for hydroxylation is 1. The van der Waals surface area contributed by atoms with Crippen LogP contribution in [0.1, 0.15) is 41.6 Å². The second-order valence-corrected chi connectivity index (χ2v) is 6.37. The number of methoxy groups -OCH3 is 1. The van der Waals surface area contributed by atoms with Crippen molar-refractivity contribution >= 4 is 11.8 Å². The number of ether oxygens (including phenoxy) is 1. The van der Waals surface area contributed by atoms with Crippen LogP contribution < -0.4 is 10.1 Å². The third-order valence-corrected chi connectivity index (χ3v) is 4.70. The van der Waals surface area contributed by atoms with Crippen LogP contribution in [-0.4, -0.2) is 47.9 Å². The fourth-order valence-electron chi connectivity index (χ4n) is 3.41. The van der Waals surface area contributed by atoms with Crippen molar-refractivity contribution in [2.75, 3.05) is 20.2 Å². The summed E-state index contributed by atoms with van der Waals surface area (Å²) in [5.74, 6) is 1.08. The van der Waals surface area contributed by atoms with Crippen molar-refractivity contribution in [2.45, 2.75) is 32.2 Å². The van der Waals surface area contributed by atoms with E-state index in [1.165, 1.54) is 13.3 Å². The lowest BCUT2D eigenvalue weighted by atomic mass is 9.94. The molecule has 1 aromatic heterocycles. The molecular weight excluding hydrogens is 334 g/mol. The smallest absolute Gasteiger partial charge is 0.276 e. The molecule has 0 aliphatic carbocycles. The first-order valence-corrected chi connectivity index (χ1v) is 8.66. The van der Waals surface area contributed by atoms with Crippen molar-refractivity contribution in [3.63, 3.8) is 0 Å². The van der Waals surface area contributed by atoms with Crippen molar-refractivity contribution < 1.29 is 18.7 Å². The second-order valence-electron chi connectivity index (χ2n) is 6.37. The van der Waals surface area contributed by atoms with E-state index in [1.54, 1.807) is 12.0 Å². The number of rotatable bonds is 5. The standard InChI is InChI=1S/C19H23N3O4/c1-4-17-18(20-11-26-17)19(24)22-9-15(16(10-22)21-12(2)23)13-5-7-14(25-3)8-6-13/h5-8,11,15-16H,4,9-10H2,1-3H3,(H,21,23)/t15-,16+/m0/s1. The summed E-state index contributed by atoms with van der Waals surface area (Å²) in [4.78, 5) is 30.3. The van der Waals surface area contributed by atoms with Crippen LogP contribution in [0.25, 0.3) is 0 Å². The van der Waals surface area contributed by atoms with Crippen LogP contribution in [0.15, 0.2) is 35.1 Å². The summed E-state index contributed by atoms with van der Waals surface area (Å²) < 4.78 is 10.5. The minimum atomic E-state index is -0.165. The third kappa shape index (κ3) is 3.56. The second kappa shape index (κ2) is 7.59. The van der Waals surface area contributed by atoms with Gasteiger partial charge in [0.1, 0.15) is 11.5 Å². The molecule has 0 radical (unpaired) electrons. The summed E-state index contributed by atoms with van der Waals surface area (Å²) in [5.41, 5.74) is 1.40. The summed E-state index contributed by atoms with van der Waals surface area (Å²) in [6.07, 6.45) is 1.90. The van der Waals surface area contributed by atoms with Gasteiger partial charge >= 0.3 is 0 Å². The monoisotopic (exact) mass is 357 g/mol. The molecule has 1 N–H and O–H groups in total. The van der Waals surface area contributed by atoms with Gasteiger partial charge in [-0.15, -0.1) is 0 Å². The molecule has 1 aliphatic rings. The highest BCUT2D eigenvalue weighted by Crippen LogP contribution is 2.30. The minimum Gasteiger partial charge on any atom is -0.497 e. The van der Waals surface area contributed by atoms with Gasteiger partial charge in [-0.05, 0) is 17.7 Å². The maximum atomic E-state index is 12.9. The highest BCUT2D eigenvalue weighted by atomic mass is 16.5. The maximum Gasteiger partial charge on any atom is 0.276 e. The Balaban J connectivity index is 1.84. The molecule has 1 aliphatic heterocycles. The van der Waals surface area contributed by atoms with Gasteiger partial charge < -0.3 is 19.4 Å². The average Bonchev–Trinajstić information content (AvgIpc) is 3.27. The van der Waals surface area contributed by atoms with Crippen LogP contribution >= 0.6 is 0 Å². The zero-order valence-corrected chi connectivity index (χ0v) is 15.2. The Morgan fingerprint density at radius 1 is 1.31 bits per heavy atom. The molecule has 26 heavy (non-hydrogen) atoms. The molecule has 7 nitrogen and oxygen atoms in total. The molecule has 2 amide bonds. The molecule has 0 unspecified atom stereocenters. The fourth-order valence-corrected chi connectivity index (χ4v) is 3.41. The van der Waals surface area contributed by atoms with E-state index in [4.69, 9.17) is 9.15 Å². The van der Waals surface area contributed by atoms with Crippen molar-refractivity contribution in [1.29, 1.82) is 0 Å². The van der Waals surface area contributed by atoms with Gasteiger partial charge in [0, 0.05) is 32.4 Å². The van der Waals surface area contributed by atoms with Crippen LogP contribution in [-0.2, 0) is 11.2 Å². The van der Waals surface area contributed by atoms with E-state index in [1.807, 2.05) is 31.2 Å². The largest absolute Gasteiger partial charge is 0.497 e. The number of carbonyl (C=O) groups is 2. The Morgan fingerprint density at radius 3 is 2.65 bits per heavy atom. The van der Waals surface area contributed by atoms with E-state index in [2.05, 4.69) is 10.3 Å². The van der Waals surface area contributed by atoms with E-state index < -0.39 is 0 Å². The molecule has 0 spiro atoms. The van der Waals surface area contributed by atoms with Crippen molar-refractivity contribution in [3.8, 4) is 5.75 Å². The quantitative estimate of drug-likeness (QED) is 0.885. The van der Waals surface area contributed by atoms with Gasteiger partial charge in [-0.3, -0.25) is 9.59 Å². The Bertz CT molecular complexity index is 784. The predicted molar refractivity (Wildman–Crippen MR) is 95.1 cm³/mol. The highest BCUT2D eigenvalue weighted by molar-refractivity contribution is 5.93. The molecule has 0 saturated carbocycles. The molecule has 138 valence electrons. The van der Waals surface area contributed by atoms with Crippen molar-refractivity contribution in [3.05, 3.63) is 47.7 Å². The number of nitrogens with one attached hydrogen (secondary N) is 1. The lowest BCUT2D eigenvalue weighted by molar-refractivity contribution is -0.119. The van der Waals surface area contributed by atoms with Gasteiger partial charge in [0.25, 0.3) is 5.91 Å². The Labute approximate surface area is 152 Å². The van der Waals surface area contributed by atoms with Gasteiger partial charge in [0.05, 0.1) is 13.2 Å². The normalized spacial score (nSPS) is 19.4. The topological polar surface area (TPSA) is 84.7 Å². The number of carbonyl (C=O) groups excluding carboxylic acids is 2. The molecule has 1 saturated heterocycles. The number of hydrogen-bond donors (Lipinski definition) is 1. The molecule has 2 atom stereocenters. The molecule has 1 fully saturated rings. The Kier molecular flexibility index (Phi) is 5.25. The van der Waals surface area contributed by atoms with E-state index in [-0.39, 0.29) is 23.8 Å². The van der Waals surface area contributed by atoms with Gasteiger partial charge in [0.15, 0.2) is 12.1 Å². The van der Waals surface area contributed by atoms with Crippen LogP contribution in [0.5, 0.6) is 5.75 Å². The molecular formula is C19H23N3O4. The van der Waals surface area contributed by atoms with Crippen molar-refractivity contribution in [2.24, 2.45) is 0 Å². The van der Waals surface area contributed by atoms with E-state index in [0.717, 1.165) is 11.3 Å². The van der Waals surface area contributed by atoms with Crippen LogP contribution in [0, 0.1) is 0 Å². The van der Waals surface area contributed by atoms with Crippen LogP contribution in [0.4, 0.5) is 0 Å². The minimum absolute atomic E-state index is 0.00531. The zero-order valence-electron chi connectivity index (χ0n) is 15.2. The molecule has 2 heterocycles. The number of hydrogen-bond acceptors (Lipinski definition) is 5. The number of aromatic nitrogens is 1. The lowest BCUT2D eigenvalue weighted by Gasteiger charge is -2.19. The van der Waals surface area contributed by atoms with Gasteiger partial charge in [0.2, 0.25) is 5.91 Å². The third-order valence-electron chi connectivity index (χ3n) is 4.70. The average molecular weight is 357 g/mol. The summed E-state index contributed by atoms with van der Waals surface area (Å²) in [6.45, 7) is 4.35. The van der Waals surface area contributed by atoms with Gasteiger partial charge in [-0.25, -0.2) is 4.98 Å². The Morgan fingerprint density at radius 2 is 2.04 bits per heavy atom. The maximum absolute atomic E-state index is 12.9. The predicted octanol–water partition coefficient (Wildman–Crippen LogP) is 1.99. The fraction of sp³-hybridized carbons (Fsp3) is 0.421. The Hall–Kier alpha value is -2.83. The highest BCUT2D eigenvalue weighted by Gasteiger charge is 2.38. The summed E-state index contributed by atoms with van der Waals surface area (Å²) in [5, 5.41) is 2.97. The molecule has 2 aromatic rings. The SMILES string of the molecule is CCc1ocnc1C(=O)N1C[C@@H](NC(C)=O)[C@H](c2ccc(OC)cc2)C1. The first-order valence-electron chi connectivity index (χ1n) is 8.66. The number of oxazole rings is 1. The van der Waals surface area contributed by atoms with E-state index in [0.29, 0.717) is 31.0 Å². The zero-order chi connectivity index (χ0) is 18.7. The van der Waals surface area contributed by atoms with Crippen LogP contribution in [0.3, 0.4) is 0 Å². The number of benzene rings is 1. The number of amides is 2. The number of likely N-dealkylation sites (tertiary alicyclic amines) is 1. The summed E-state index contributed by atoms with van der Waals surface area (Å²) in [7, 11) is 1.62. The lowest BCUT2D eigenvalue weighted by Crippen LogP contribution is -2.39. The molecule has 0 bridgehead atoms. The van der Waals surface area contributed by atoms with Gasteiger partial charge in [-0.1, -0.05) is 19.1 Å². The van der Waals surface area contributed by atoms with Crippen molar-refractivity contribution in [1.82, 2.24) is 15.2 Å². The first-order chi connectivity index (χ1) is 12.5. The molecule has 1 aromatic carbocycles. The van der Waals surface area contributed by atoms with Gasteiger partial charge in [-0.2, -0.15) is 0 Å². The number of nitrogens with zero attached hydrogens (tertiary/aromatic N) is 2. The van der Waals surface area contributed by atoms with E-state index >= 15 is 0 Å². The molecule has 7 heteroatoms. The van der Waals surface area contributed by atoms with Crippen LogP contribution in [0.2, 0.25) is 0 Å². The molecule has 3 rings (SSSR count). The summed E-state index contributed by atoms with van der Waals surface area (Å²) >= 11 is 0. The summed E-state index contributed by atoms with van der Waals surface area (Å²) in [6, 6.07) is 7.57. The van der Waals surface area contributed by atoms with E-state index in [9.17, 15) is 9.59 Å². The first kappa shape index (κ1) is 18.0.